The molecule has 0 bridgehead atoms. The van der Waals surface area contributed by atoms with Crippen LogP contribution in [0.25, 0.3) is 0 Å². The molecule has 1 aromatic rings. The van der Waals surface area contributed by atoms with Gasteiger partial charge in [-0.1, -0.05) is 13.0 Å². The first-order valence-electron chi connectivity index (χ1n) is 6.97. The third-order valence-corrected chi connectivity index (χ3v) is 3.50. The smallest absolute Gasteiger partial charge is 0.164 e. The molecule has 0 aliphatic heterocycles. The van der Waals surface area contributed by atoms with Crippen LogP contribution in [0, 0.1) is 11.6 Å². The molecule has 0 radical (unpaired) electrons. The van der Waals surface area contributed by atoms with Gasteiger partial charge in [-0.2, -0.15) is 0 Å². The van der Waals surface area contributed by atoms with Crippen LogP contribution in [0.5, 0.6) is 0 Å². The van der Waals surface area contributed by atoms with E-state index in [-0.39, 0.29) is 18.4 Å². The number of ketones is 1. The normalized spacial score (nSPS) is 16.9. The molecule has 4 atom stereocenters. The van der Waals surface area contributed by atoms with E-state index in [1.54, 1.807) is 6.92 Å². The minimum absolute atomic E-state index is 0.125. The monoisotopic (exact) mass is 318 g/mol. The van der Waals surface area contributed by atoms with Gasteiger partial charge in [0.25, 0.3) is 0 Å². The van der Waals surface area contributed by atoms with Crippen molar-refractivity contribution in [2.75, 3.05) is 0 Å². The van der Waals surface area contributed by atoms with Gasteiger partial charge in [-0.05, 0) is 25.0 Å². The van der Waals surface area contributed by atoms with E-state index in [1.165, 1.54) is 6.07 Å². The number of aliphatic hydroxyl groups is 4. The average Bonchev–Trinajstić information content (AvgIpc) is 2.51. The van der Waals surface area contributed by atoms with E-state index in [9.17, 15) is 34.0 Å². The number of carbonyl (C=O) groups excluding carboxylic acids is 1. The second kappa shape index (κ2) is 8.28. The Hall–Kier alpha value is -1.41. The lowest BCUT2D eigenvalue weighted by molar-refractivity contribution is -0.144. The number of halogens is 2. The predicted octanol–water partition coefficient (Wildman–Crippen LogP) is 0.320. The van der Waals surface area contributed by atoms with E-state index in [0.717, 1.165) is 12.1 Å². The molecule has 22 heavy (non-hydrogen) atoms. The van der Waals surface area contributed by atoms with Crippen LogP contribution in [0.2, 0.25) is 0 Å². The molecular weight excluding hydrogens is 298 g/mol. The van der Waals surface area contributed by atoms with Gasteiger partial charge >= 0.3 is 0 Å². The van der Waals surface area contributed by atoms with E-state index < -0.39 is 48.3 Å². The van der Waals surface area contributed by atoms with E-state index in [2.05, 4.69) is 0 Å². The Balaban J connectivity index is 2.65. The zero-order valence-electron chi connectivity index (χ0n) is 12.1. The Kier molecular flexibility index (Phi) is 7.02. The van der Waals surface area contributed by atoms with Gasteiger partial charge in [-0.25, -0.2) is 8.78 Å². The molecule has 124 valence electrons. The molecule has 0 spiro atoms. The van der Waals surface area contributed by atoms with E-state index >= 15 is 0 Å². The van der Waals surface area contributed by atoms with Gasteiger partial charge < -0.3 is 20.4 Å². The molecule has 5 nitrogen and oxygen atoms in total. The van der Waals surface area contributed by atoms with Crippen molar-refractivity contribution in [3.8, 4) is 0 Å². The highest BCUT2D eigenvalue weighted by atomic mass is 19.1. The van der Waals surface area contributed by atoms with E-state index in [0.29, 0.717) is 0 Å². The molecule has 0 heterocycles. The maximum absolute atomic E-state index is 13.4. The number of Topliss-reactive ketones (excluding diaryl/α,β-unsaturated/α-hetero) is 1. The van der Waals surface area contributed by atoms with Crippen LogP contribution in [0.3, 0.4) is 0 Å². The number of hydrogen-bond acceptors (Lipinski definition) is 5. The summed E-state index contributed by atoms with van der Waals surface area (Å²) in [6.45, 7) is 1.55. The largest absolute Gasteiger partial charge is 0.390 e. The first kappa shape index (κ1) is 18.6. The topological polar surface area (TPSA) is 98.0 Å². The lowest BCUT2D eigenvalue weighted by Crippen LogP contribution is -2.47. The van der Waals surface area contributed by atoms with Gasteiger partial charge in [0.2, 0.25) is 0 Å². The molecule has 0 amide bonds. The van der Waals surface area contributed by atoms with Crippen LogP contribution < -0.4 is 0 Å². The summed E-state index contributed by atoms with van der Waals surface area (Å²) in [6, 6.07) is 3.29. The molecule has 0 aliphatic carbocycles. The first-order chi connectivity index (χ1) is 10.3. The van der Waals surface area contributed by atoms with Crippen molar-refractivity contribution < 1.29 is 34.0 Å². The number of benzene rings is 1. The number of carbonyl (C=O) groups is 1. The fraction of sp³-hybridized carbons (Fsp3) is 0.533. The number of hydrogen-bond donors (Lipinski definition) is 4. The summed E-state index contributed by atoms with van der Waals surface area (Å²) in [5, 5.41) is 38.2. The molecule has 0 unspecified atom stereocenters. The van der Waals surface area contributed by atoms with Gasteiger partial charge in [-0.15, -0.1) is 0 Å². The first-order valence-corrected chi connectivity index (χ1v) is 6.97. The maximum Gasteiger partial charge on any atom is 0.164 e. The van der Waals surface area contributed by atoms with Crippen molar-refractivity contribution in [1.82, 2.24) is 0 Å². The minimum atomic E-state index is -1.94. The fourth-order valence-corrected chi connectivity index (χ4v) is 2.01. The second-order valence-electron chi connectivity index (χ2n) is 5.07. The molecule has 0 saturated carbocycles. The Morgan fingerprint density at radius 1 is 1.09 bits per heavy atom. The van der Waals surface area contributed by atoms with Crippen LogP contribution in [-0.4, -0.2) is 50.6 Å². The summed E-state index contributed by atoms with van der Waals surface area (Å²) < 4.78 is 26.8. The summed E-state index contributed by atoms with van der Waals surface area (Å²) in [6.07, 6.45) is -7.35. The van der Waals surface area contributed by atoms with Gasteiger partial charge in [0.1, 0.15) is 29.9 Å². The standard InChI is InChI=1S/C15H20F2O5/c1-2-11(18)13(20)15(22)14(21)12(19)7-6-8-9(16)4-3-5-10(8)17/h3-5,11,13-15,18,20-22H,2,6-7H2,1H3/t11-,13-,14+,15+/m1/s1. The quantitative estimate of drug-likeness (QED) is 0.553. The predicted molar refractivity (Wildman–Crippen MR) is 74.0 cm³/mol. The highest BCUT2D eigenvalue weighted by Crippen LogP contribution is 2.16. The van der Waals surface area contributed by atoms with Crippen molar-refractivity contribution in [3.05, 3.63) is 35.4 Å². The highest BCUT2D eigenvalue weighted by Gasteiger charge is 2.33. The van der Waals surface area contributed by atoms with Crippen LogP contribution in [0.4, 0.5) is 8.78 Å². The van der Waals surface area contributed by atoms with Crippen molar-refractivity contribution in [2.45, 2.75) is 50.6 Å². The number of rotatable bonds is 8. The third kappa shape index (κ3) is 4.54. The molecule has 0 fully saturated rings. The summed E-state index contributed by atoms with van der Waals surface area (Å²) in [7, 11) is 0. The highest BCUT2D eigenvalue weighted by molar-refractivity contribution is 5.83. The molecule has 0 aliphatic rings. The van der Waals surface area contributed by atoms with E-state index in [4.69, 9.17) is 0 Å². The maximum atomic E-state index is 13.4. The lowest BCUT2D eigenvalue weighted by atomic mass is 9.96. The molecule has 7 heteroatoms. The minimum Gasteiger partial charge on any atom is -0.390 e. The van der Waals surface area contributed by atoms with Crippen molar-refractivity contribution >= 4 is 5.78 Å². The van der Waals surface area contributed by atoms with E-state index in [1.807, 2.05) is 0 Å². The molecule has 1 rings (SSSR count). The van der Waals surface area contributed by atoms with Gasteiger partial charge in [0.05, 0.1) is 6.10 Å². The van der Waals surface area contributed by atoms with Crippen LogP contribution in [0.15, 0.2) is 18.2 Å². The Bertz CT molecular complexity index is 488. The third-order valence-electron chi connectivity index (χ3n) is 3.50. The van der Waals surface area contributed by atoms with Crippen LogP contribution >= 0.6 is 0 Å². The second-order valence-corrected chi connectivity index (χ2v) is 5.07. The van der Waals surface area contributed by atoms with Crippen molar-refractivity contribution in [3.63, 3.8) is 0 Å². The molecule has 4 N–H and O–H groups in total. The van der Waals surface area contributed by atoms with Gasteiger partial charge in [0.15, 0.2) is 5.78 Å². The molecule has 0 saturated heterocycles. The average molecular weight is 318 g/mol. The molecule has 1 aromatic carbocycles. The Labute approximate surface area is 126 Å². The Morgan fingerprint density at radius 3 is 2.14 bits per heavy atom. The van der Waals surface area contributed by atoms with Gasteiger partial charge in [-0.3, -0.25) is 4.79 Å². The SMILES string of the molecule is CC[C@@H](O)[C@@H](O)[C@H](O)[C@@H](O)C(=O)CCc1c(F)cccc1F. The Morgan fingerprint density at radius 2 is 1.64 bits per heavy atom. The van der Waals surface area contributed by atoms with Crippen LogP contribution in [0.1, 0.15) is 25.3 Å². The van der Waals surface area contributed by atoms with Gasteiger partial charge in [0, 0.05) is 12.0 Å². The summed E-state index contributed by atoms with van der Waals surface area (Å²) in [5.74, 6) is -2.48. The lowest BCUT2D eigenvalue weighted by Gasteiger charge is -2.25. The fourth-order valence-electron chi connectivity index (χ4n) is 2.01. The van der Waals surface area contributed by atoms with Crippen molar-refractivity contribution in [1.29, 1.82) is 0 Å². The molecular formula is C15H20F2O5. The zero-order chi connectivity index (χ0) is 16.9. The van der Waals surface area contributed by atoms with Crippen LogP contribution in [-0.2, 0) is 11.2 Å². The van der Waals surface area contributed by atoms with Crippen molar-refractivity contribution in [2.24, 2.45) is 0 Å². The summed E-state index contributed by atoms with van der Waals surface area (Å²) in [5.41, 5.74) is -0.285. The molecule has 0 aromatic heterocycles. The summed E-state index contributed by atoms with van der Waals surface area (Å²) >= 11 is 0. The summed E-state index contributed by atoms with van der Waals surface area (Å²) in [4.78, 5) is 11.7. The number of aliphatic hydroxyl groups excluding tert-OH is 4. The zero-order valence-corrected chi connectivity index (χ0v) is 12.1.